The quantitative estimate of drug-likeness (QED) is 0.444. The van der Waals surface area contributed by atoms with Crippen LogP contribution in [0.1, 0.15) is 36.0 Å². The lowest BCUT2D eigenvalue weighted by Crippen LogP contribution is -2.34. The van der Waals surface area contributed by atoms with Gasteiger partial charge < -0.3 is 16.4 Å². The second-order valence-corrected chi connectivity index (χ2v) is 5.22. The highest BCUT2D eigenvalue weighted by Crippen LogP contribution is 2.17. The van der Waals surface area contributed by atoms with Gasteiger partial charge in [-0.05, 0) is 37.1 Å². The zero-order chi connectivity index (χ0) is 15.9. The van der Waals surface area contributed by atoms with Gasteiger partial charge in [-0.15, -0.1) is 0 Å². The third kappa shape index (κ3) is 4.09. The molecule has 0 atom stereocenters. The molecule has 1 aromatic rings. The Balaban J connectivity index is 1.96. The van der Waals surface area contributed by atoms with E-state index in [0.717, 1.165) is 31.9 Å². The Hall–Kier alpha value is -2.81. The number of anilines is 1. The van der Waals surface area contributed by atoms with Crippen LogP contribution in [0.4, 0.5) is 5.69 Å². The molecule has 22 heavy (non-hydrogen) atoms. The summed E-state index contributed by atoms with van der Waals surface area (Å²) in [5.74, 6) is -0.853. The van der Waals surface area contributed by atoms with Gasteiger partial charge in [-0.25, -0.2) is 0 Å². The van der Waals surface area contributed by atoms with Gasteiger partial charge in [-0.2, -0.15) is 5.26 Å². The molecule has 1 aliphatic carbocycles. The molecular formula is C16H18N4O2. The third-order valence-corrected chi connectivity index (χ3v) is 3.58. The zero-order valence-corrected chi connectivity index (χ0v) is 12.1. The molecule has 0 saturated heterocycles. The van der Waals surface area contributed by atoms with Crippen molar-refractivity contribution < 1.29 is 9.59 Å². The van der Waals surface area contributed by atoms with Crippen LogP contribution in [0.2, 0.25) is 0 Å². The lowest BCUT2D eigenvalue weighted by molar-refractivity contribution is -0.117. The average Bonchev–Trinajstić information content (AvgIpc) is 3.01. The second kappa shape index (κ2) is 7.27. The Bertz CT molecular complexity index is 623. The van der Waals surface area contributed by atoms with Crippen LogP contribution in [0, 0.1) is 11.3 Å². The van der Waals surface area contributed by atoms with Crippen LogP contribution >= 0.6 is 0 Å². The standard InChI is InChI=1S/C16H18N4O2/c17-9-12(16(22)20-14-3-1-2-4-14)10-19-15(21)11-5-7-13(18)8-6-11/h5-8,10,14H,1-4,18H2,(H,19,21)(H,20,22)/b12-10-. The number of hydrogen-bond acceptors (Lipinski definition) is 4. The van der Waals surface area contributed by atoms with Gasteiger partial charge in [0, 0.05) is 23.5 Å². The maximum absolute atomic E-state index is 12.0. The fourth-order valence-electron chi connectivity index (χ4n) is 2.34. The third-order valence-electron chi connectivity index (χ3n) is 3.58. The average molecular weight is 298 g/mol. The fraction of sp³-hybridized carbons (Fsp3) is 0.312. The Morgan fingerprint density at radius 1 is 1.23 bits per heavy atom. The van der Waals surface area contributed by atoms with Crippen LogP contribution < -0.4 is 16.4 Å². The van der Waals surface area contributed by atoms with E-state index in [0.29, 0.717) is 11.3 Å². The fourth-order valence-corrected chi connectivity index (χ4v) is 2.34. The van der Waals surface area contributed by atoms with E-state index < -0.39 is 11.8 Å². The number of rotatable bonds is 4. The first-order valence-electron chi connectivity index (χ1n) is 7.17. The molecule has 1 fully saturated rings. The van der Waals surface area contributed by atoms with E-state index in [1.807, 2.05) is 0 Å². The van der Waals surface area contributed by atoms with Crippen molar-refractivity contribution in [3.8, 4) is 6.07 Å². The number of nitrogen functional groups attached to an aromatic ring is 1. The first-order chi connectivity index (χ1) is 10.6. The van der Waals surface area contributed by atoms with Crippen molar-refractivity contribution in [2.45, 2.75) is 31.7 Å². The highest BCUT2D eigenvalue weighted by atomic mass is 16.2. The second-order valence-electron chi connectivity index (χ2n) is 5.22. The number of carbonyl (C=O) groups excluding carboxylic acids is 2. The number of nitrogens with two attached hydrogens (primary N) is 1. The van der Waals surface area contributed by atoms with Crippen molar-refractivity contribution in [1.82, 2.24) is 10.6 Å². The molecule has 2 amide bonds. The molecule has 1 saturated carbocycles. The molecule has 1 aliphatic rings. The van der Waals surface area contributed by atoms with E-state index >= 15 is 0 Å². The number of nitriles is 1. The van der Waals surface area contributed by atoms with Crippen molar-refractivity contribution in [2.75, 3.05) is 5.73 Å². The van der Waals surface area contributed by atoms with Crippen molar-refractivity contribution in [1.29, 1.82) is 5.26 Å². The molecule has 6 nitrogen and oxygen atoms in total. The van der Waals surface area contributed by atoms with E-state index in [9.17, 15) is 9.59 Å². The van der Waals surface area contributed by atoms with Crippen LogP contribution in [0.25, 0.3) is 0 Å². The van der Waals surface area contributed by atoms with E-state index in [4.69, 9.17) is 11.0 Å². The molecule has 4 N–H and O–H groups in total. The van der Waals surface area contributed by atoms with E-state index in [1.54, 1.807) is 30.3 Å². The first-order valence-corrected chi connectivity index (χ1v) is 7.17. The maximum Gasteiger partial charge on any atom is 0.263 e. The summed E-state index contributed by atoms with van der Waals surface area (Å²) in [6, 6.07) is 8.29. The summed E-state index contributed by atoms with van der Waals surface area (Å²) in [5, 5.41) is 14.3. The van der Waals surface area contributed by atoms with Crippen molar-refractivity contribution in [3.63, 3.8) is 0 Å². The summed E-state index contributed by atoms with van der Waals surface area (Å²) in [6.45, 7) is 0. The first kappa shape index (κ1) is 15.6. The zero-order valence-electron chi connectivity index (χ0n) is 12.1. The van der Waals surface area contributed by atoms with E-state index in [-0.39, 0.29) is 11.6 Å². The van der Waals surface area contributed by atoms with Gasteiger partial charge >= 0.3 is 0 Å². The Morgan fingerprint density at radius 3 is 2.45 bits per heavy atom. The van der Waals surface area contributed by atoms with Gasteiger partial charge in [0.05, 0.1) is 0 Å². The molecule has 0 spiro atoms. The molecule has 0 aromatic heterocycles. The monoisotopic (exact) mass is 298 g/mol. The molecule has 0 bridgehead atoms. The van der Waals surface area contributed by atoms with Crippen molar-refractivity contribution in [2.24, 2.45) is 0 Å². The molecule has 0 radical (unpaired) electrons. The maximum atomic E-state index is 12.0. The summed E-state index contributed by atoms with van der Waals surface area (Å²) in [6.07, 6.45) is 5.18. The number of benzene rings is 1. The minimum Gasteiger partial charge on any atom is -0.399 e. The predicted molar refractivity (Wildman–Crippen MR) is 82.4 cm³/mol. The molecule has 6 heteroatoms. The highest BCUT2D eigenvalue weighted by Gasteiger charge is 2.19. The van der Waals surface area contributed by atoms with E-state index in [2.05, 4.69) is 10.6 Å². The number of amides is 2. The predicted octanol–water partition coefficient (Wildman–Crippen LogP) is 1.46. The molecule has 114 valence electrons. The number of hydrogen-bond donors (Lipinski definition) is 3. The summed E-state index contributed by atoms with van der Waals surface area (Å²) in [4.78, 5) is 23.9. The molecule has 0 heterocycles. The van der Waals surface area contributed by atoms with E-state index in [1.165, 1.54) is 0 Å². The van der Waals surface area contributed by atoms with Crippen LogP contribution in [0.5, 0.6) is 0 Å². The molecule has 0 aliphatic heterocycles. The SMILES string of the molecule is N#C/C(=C/NC(=O)c1ccc(N)cc1)C(=O)NC1CCCC1. The van der Waals surface area contributed by atoms with Gasteiger partial charge in [0.2, 0.25) is 0 Å². The van der Waals surface area contributed by atoms with Gasteiger partial charge in [0.25, 0.3) is 11.8 Å². The van der Waals surface area contributed by atoms with Gasteiger partial charge in [0.1, 0.15) is 11.6 Å². The minimum atomic E-state index is -0.452. The molecule has 1 aromatic carbocycles. The highest BCUT2D eigenvalue weighted by molar-refractivity contribution is 5.99. The van der Waals surface area contributed by atoms with Crippen LogP contribution in [0.3, 0.4) is 0 Å². The molecule has 0 unspecified atom stereocenters. The van der Waals surface area contributed by atoms with Crippen LogP contribution in [-0.2, 0) is 4.79 Å². The Labute approximate surface area is 129 Å². The number of nitrogens with zero attached hydrogens (tertiary/aromatic N) is 1. The molecular weight excluding hydrogens is 280 g/mol. The van der Waals surface area contributed by atoms with Gasteiger partial charge in [-0.3, -0.25) is 9.59 Å². The summed E-state index contributed by atoms with van der Waals surface area (Å²) < 4.78 is 0. The lowest BCUT2D eigenvalue weighted by Gasteiger charge is -2.11. The Morgan fingerprint density at radius 2 is 1.86 bits per heavy atom. The van der Waals surface area contributed by atoms with Crippen molar-refractivity contribution >= 4 is 17.5 Å². The number of nitrogens with one attached hydrogen (secondary N) is 2. The Kier molecular flexibility index (Phi) is 5.15. The smallest absolute Gasteiger partial charge is 0.263 e. The lowest BCUT2D eigenvalue weighted by atomic mass is 10.2. The summed E-state index contributed by atoms with van der Waals surface area (Å²) in [5.41, 5.74) is 6.39. The van der Waals surface area contributed by atoms with Crippen molar-refractivity contribution in [3.05, 3.63) is 41.6 Å². The summed E-state index contributed by atoms with van der Waals surface area (Å²) >= 11 is 0. The topological polar surface area (TPSA) is 108 Å². The van der Waals surface area contributed by atoms with Gasteiger partial charge in [-0.1, -0.05) is 12.8 Å². The minimum absolute atomic E-state index is 0.115. The van der Waals surface area contributed by atoms with Crippen LogP contribution in [0.15, 0.2) is 36.0 Å². The largest absolute Gasteiger partial charge is 0.399 e. The van der Waals surface area contributed by atoms with Gasteiger partial charge in [0.15, 0.2) is 0 Å². The number of carbonyl (C=O) groups is 2. The van der Waals surface area contributed by atoms with Crippen LogP contribution in [-0.4, -0.2) is 17.9 Å². The normalized spacial score (nSPS) is 15.1. The molecule has 2 rings (SSSR count). The summed E-state index contributed by atoms with van der Waals surface area (Å²) in [7, 11) is 0.